The van der Waals surface area contributed by atoms with Crippen molar-refractivity contribution in [1.82, 2.24) is 4.98 Å². The van der Waals surface area contributed by atoms with Crippen LogP contribution in [-0.4, -0.2) is 12.1 Å². The average Bonchev–Trinajstić information content (AvgIpc) is 3.21. The molecule has 5 rings (SSSR count). The predicted molar refractivity (Wildman–Crippen MR) is 151 cm³/mol. The van der Waals surface area contributed by atoms with E-state index in [1.807, 2.05) is 18.2 Å². The van der Waals surface area contributed by atoms with Gasteiger partial charge in [-0.3, -0.25) is 0 Å². The molecule has 184 valence electrons. The molecular formula is C33H36N2O. The molecule has 0 unspecified atom stereocenters. The highest BCUT2D eigenvalue weighted by atomic mass is 16.5. The molecule has 0 bridgehead atoms. The molecule has 0 aliphatic heterocycles. The van der Waals surface area contributed by atoms with E-state index in [9.17, 15) is 0 Å². The lowest BCUT2D eigenvalue weighted by Gasteiger charge is -2.32. The first-order valence-corrected chi connectivity index (χ1v) is 13.3. The van der Waals surface area contributed by atoms with Crippen LogP contribution in [0.5, 0.6) is 5.75 Å². The van der Waals surface area contributed by atoms with Crippen molar-refractivity contribution in [3.63, 3.8) is 0 Å². The SMILES string of the molecule is CCCCC1(CCCC)c2ccc(-c3cccc(Nc4ccccc4)c3)nc2-c2c(OC)cccc21. The first kappa shape index (κ1) is 24.1. The fourth-order valence-corrected chi connectivity index (χ4v) is 5.75. The number of pyridine rings is 1. The summed E-state index contributed by atoms with van der Waals surface area (Å²) in [6.07, 6.45) is 7.08. The van der Waals surface area contributed by atoms with E-state index in [0.717, 1.165) is 46.9 Å². The van der Waals surface area contributed by atoms with Crippen molar-refractivity contribution >= 4 is 11.4 Å². The number of ether oxygens (including phenoxy) is 1. The standard InChI is InChI=1S/C33H36N2O/c1-4-6-21-33(22-7-5-2)27-17-12-18-30(36-3)31(27)32-28(33)19-20-29(35-32)24-13-11-16-26(23-24)34-25-14-9-8-10-15-25/h8-20,23,34H,4-7,21-22H2,1-3H3. The number of methoxy groups -OCH3 is 1. The molecule has 0 radical (unpaired) electrons. The summed E-state index contributed by atoms with van der Waals surface area (Å²) >= 11 is 0. The number of nitrogens with one attached hydrogen (secondary N) is 1. The Hall–Kier alpha value is -3.59. The zero-order valence-electron chi connectivity index (χ0n) is 21.7. The molecule has 0 saturated heterocycles. The molecule has 0 amide bonds. The van der Waals surface area contributed by atoms with Crippen molar-refractivity contribution in [3.8, 4) is 28.3 Å². The third kappa shape index (κ3) is 4.39. The molecule has 0 spiro atoms. The van der Waals surface area contributed by atoms with Gasteiger partial charge in [-0.05, 0) is 60.4 Å². The van der Waals surface area contributed by atoms with Crippen LogP contribution < -0.4 is 10.1 Å². The Labute approximate surface area is 215 Å². The summed E-state index contributed by atoms with van der Waals surface area (Å²) in [6.45, 7) is 4.57. The van der Waals surface area contributed by atoms with Crippen LogP contribution in [0.3, 0.4) is 0 Å². The molecule has 3 nitrogen and oxygen atoms in total. The van der Waals surface area contributed by atoms with Crippen LogP contribution in [0, 0.1) is 0 Å². The van der Waals surface area contributed by atoms with Gasteiger partial charge in [0.25, 0.3) is 0 Å². The van der Waals surface area contributed by atoms with Gasteiger partial charge in [-0.2, -0.15) is 0 Å². The fourth-order valence-electron chi connectivity index (χ4n) is 5.75. The van der Waals surface area contributed by atoms with Gasteiger partial charge in [0.15, 0.2) is 0 Å². The zero-order valence-corrected chi connectivity index (χ0v) is 21.7. The molecule has 1 N–H and O–H groups in total. The number of unbranched alkanes of at least 4 members (excludes halogenated alkanes) is 2. The normalized spacial score (nSPS) is 13.2. The van der Waals surface area contributed by atoms with Crippen molar-refractivity contribution in [2.45, 2.75) is 57.8 Å². The highest BCUT2D eigenvalue weighted by Gasteiger charge is 2.44. The van der Waals surface area contributed by atoms with E-state index in [1.165, 1.54) is 42.4 Å². The van der Waals surface area contributed by atoms with Gasteiger partial charge < -0.3 is 10.1 Å². The maximum Gasteiger partial charge on any atom is 0.128 e. The Kier molecular flexibility index (Phi) is 7.09. The number of hydrogen-bond acceptors (Lipinski definition) is 3. The summed E-state index contributed by atoms with van der Waals surface area (Å²) in [5.41, 5.74) is 9.27. The molecule has 0 atom stereocenters. The lowest BCUT2D eigenvalue weighted by molar-refractivity contribution is 0.405. The quantitative estimate of drug-likeness (QED) is 0.248. The van der Waals surface area contributed by atoms with Crippen LogP contribution in [0.1, 0.15) is 63.5 Å². The van der Waals surface area contributed by atoms with E-state index in [4.69, 9.17) is 9.72 Å². The lowest BCUT2D eigenvalue weighted by Crippen LogP contribution is -2.25. The van der Waals surface area contributed by atoms with Crippen LogP contribution >= 0.6 is 0 Å². The monoisotopic (exact) mass is 476 g/mol. The van der Waals surface area contributed by atoms with E-state index >= 15 is 0 Å². The second-order valence-electron chi connectivity index (χ2n) is 9.84. The summed E-state index contributed by atoms with van der Waals surface area (Å²) in [6, 6.07) is 29.9. The third-order valence-corrected chi connectivity index (χ3v) is 7.54. The Bertz CT molecular complexity index is 1320. The van der Waals surface area contributed by atoms with Gasteiger partial charge in [0, 0.05) is 27.9 Å². The Morgan fingerprint density at radius 2 is 1.47 bits per heavy atom. The number of benzene rings is 3. The van der Waals surface area contributed by atoms with Gasteiger partial charge in [0.05, 0.1) is 18.5 Å². The van der Waals surface area contributed by atoms with E-state index in [2.05, 4.69) is 85.9 Å². The Morgan fingerprint density at radius 3 is 2.19 bits per heavy atom. The number of hydrogen-bond donors (Lipinski definition) is 1. The Balaban J connectivity index is 1.61. The third-order valence-electron chi connectivity index (χ3n) is 7.54. The van der Waals surface area contributed by atoms with Gasteiger partial charge in [0.2, 0.25) is 0 Å². The van der Waals surface area contributed by atoms with Crippen LogP contribution in [0.2, 0.25) is 0 Å². The van der Waals surface area contributed by atoms with E-state index < -0.39 is 0 Å². The minimum atomic E-state index is 0.00741. The molecule has 1 aliphatic rings. The number of aromatic nitrogens is 1. The van der Waals surface area contributed by atoms with Gasteiger partial charge in [-0.15, -0.1) is 0 Å². The molecule has 0 fully saturated rings. The van der Waals surface area contributed by atoms with Crippen molar-refractivity contribution < 1.29 is 4.74 Å². The first-order valence-electron chi connectivity index (χ1n) is 13.3. The topological polar surface area (TPSA) is 34.2 Å². The van der Waals surface area contributed by atoms with Gasteiger partial charge >= 0.3 is 0 Å². The number of para-hydroxylation sites is 1. The highest BCUT2D eigenvalue weighted by Crippen LogP contribution is 2.56. The zero-order chi connectivity index (χ0) is 25.0. The van der Waals surface area contributed by atoms with Gasteiger partial charge in [0.1, 0.15) is 5.75 Å². The second kappa shape index (κ2) is 10.6. The minimum absolute atomic E-state index is 0.00741. The van der Waals surface area contributed by atoms with Crippen molar-refractivity contribution in [2.24, 2.45) is 0 Å². The number of fused-ring (bicyclic) bond motifs is 3. The predicted octanol–water partition coefficient (Wildman–Crippen LogP) is 9.15. The van der Waals surface area contributed by atoms with E-state index in [1.54, 1.807) is 7.11 Å². The molecule has 4 aromatic rings. The average molecular weight is 477 g/mol. The summed E-state index contributed by atoms with van der Waals surface area (Å²) < 4.78 is 5.90. The number of anilines is 2. The summed E-state index contributed by atoms with van der Waals surface area (Å²) in [4.78, 5) is 5.33. The molecule has 1 heterocycles. The minimum Gasteiger partial charge on any atom is -0.496 e. The first-order chi connectivity index (χ1) is 17.7. The second-order valence-corrected chi connectivity index (χ2v) is 9.84. The van der Waals surface area contributed by atoms with Crippen LogP contribution in [0.15, 0.2) is 84.9 Å². The highest BCUT2D eigenvalue weighted by molar-refractivity contribution is 5.84. The van der Waals surface area contributed by atoms with Gasteiger partial charge in [-0.25, -0.2) is 4.98 Å². The van der Waals surface area contributed by atoms with E-state index in [-0.39, 0.29) is 5.41 Å². The van der Waals surface area contributed by atoms with Crippen molar-refractivity contribution in [2.75, 3.05) is 12.4 Å². The molecular weight excluding hydrogens is 440 g/mol. The van der Waals surface area contributed by atoms with Crippen LogP contribution in [-0.2, 0) is 5.41 Å². The van der Waals surface area contributed by atoms with Crippen molar-refractivity contribution in [1.29, 1.82) is 0 Å². The molecule has 0 saturated carbocycles. The number of nitrogens with zero attached hydrogens (tertiary/aromatic N) is 1. The summed E-state index contributed by atoms with van der Waals surface area (Å²) in [5.74, 6) is 0.924. The van der Waals surface area contributed by atoms with E-state index in [0.29, 0.717) is 0 Å². The molecule has 1 aliphatic carbocycles. The van der Waals surface area contributed by atoms with Gasteiger partial charge in [-0.1, -0.05) is 88.1 Å². The molecule has 3 aromatic carbocycles. The molecule has 1 aromatic heterocycles. The maximum absolute atomic E-state index is 5.90. The fraction of sp³-hybridized carbons (Fsp3) is 0.303. The largest absolute Gasteiger partial charge is 0.496 e. The Morgan fingerprint density at radius 1 is 0.750 bits per heavy atom. The molecule has 3 heteroatoms. The summed E-state index contributed by atoms with van der Waals surface area (Å²) in [5, 5.41) is 3.51. The maximum atomic E-state index is 5.90. The number of rotatable bonds is 10. The van der Waals surface area contributed by atoms with Crippen LogP contribution in [0.4, 0.5) is 11.4 Å². The lowest BCUT2D eigenvalue weighted by atomic mass is 9.71. The smallest absolute Gasteiger partial charge is 0.128 e. The summed E-state index contributed by atoms with van der Waals surface area (Å²) in [7, 11) is 1.77. The van der Waals surface area contributed by atoms with Crippen LogP contribution in [0.25, 0.3) is 22.5 Å². The molecule has 36 heavy (non-hydrogen) atoms. The van der Waals surface area contributed by atoms with Crippen molar-refractivity contribution in [3.05, 3.63) is 96.1 Å².